The summed E-state index contributed by atoms with van der Waals surface area (Å²) >= 11 is 0. The number of nitrogens with one attached hydrogen (secondary N) is 2. The summed E-state index contributed by atoms with van der Waals surface area (Å²) in [6.07, 6.45) is 6.26. The summed E-state index contributed by atoms with van der Waals surface area (Å²) in [6, 6.07) is 0.259. The first-order chi connectivity index (χ1) is 9.17. The molecule has 0 aromatic rings. The molecule has 0 atom stereocenters. The lowest BCUT2D eigenvalue weighted by atomic mass is 9.95. The van der Waals surface area contributed by atoms with Crippen molar-refractivity contribution in [2.45, 2.75) is 58.4 Å². The molecule has 0 aliphatic heterocycles. The number of hydrogen-bond donors (Lipinski definition) is 2. The molecule has 0 bridgehead atoms. The van der Waals surface area contributed by atoms with Gasteiger partial charge in [-0.15, -0.1) is 0 Å². The van der Waals surface area contributed by atoms with E-state index >= 15 is 0 Å². The first-order valence-electron chi connectivity index (χ1n) is 7.49. The number of hydrogen-bond acceptors (Lipinski definition) is 2. The molecule has 0 spiro atoms. The Kier molecular flexibility index (Phi) is 7.30. The van der Waals surface area contributed by atoms with Gasteiger partial charge < -0.3 is 15.5 Å². The summed E-state index contributed by atoms with van der Waals surface area (Å²) < 4.78 is 0. The Morgan fingerprint density at radius 3 is 2.32 bits per heavy atom. The van der Waals surface area contributed by atoms with Gasteiger partial charge in [0.25, 0.3) is 0 Å². The van der Waals surface area contributed by atoms with Crippen LogP contribution in [0.15, 0.2) is 0 Å². The first-order valence-corrected chi connectivity index (χ1v) is 7.49. The summed E-state index contributed by atoms with van der Waals surface area (Å²) in [7, 11) is 0. The fraction of sp³-hybridized carbons (Fsp3) is 0.857. The van der Waals surface area contributed by atoms with Crippen LogP contribution >= 0.6 is 0 Å². The Hall–Kier alpha value is -1.26. The SMILES string of the molecule is CCN(CC)C(=O)NCCC(=O)NC1CCCCC1. The van der Waals surface area contributed by atoms with Crippen molar-refractivity contribution < 1.29 is 9.59 Å². The van der Waals surface area contributed by atoms with E-state index in [0.717, 1.165) is 12.8 Å². The van der Waals surface area contributed by atoms with Crippen LogP contribution in [0, 0.1) is 0 Å². The normalized spacial score (nSPS) is 15.9. The topological polar surface area (TPSA) is 61.4 Å². The van der Waals surface area contributed by atoms with Crippen molar-refractivity contribution >= 4 is 11.9 Å². The molecule has 5 heteroatoms. The lowest BCUT2D eigenvalue weighted by molar-refractivity contribution is -0.121. The minimum absolute atomic E-state index is 0.0479. The standard InChI is InChI=1S/C14H27N3O2/c1-3-17(4-2)14(19)15-11-10-13(18)16-12-8-6-5-7-9-12/h12H,3-11H2,1-2H3,(H,15,19)(H,16,18). The van der Waals surface area contributed by atoms with Gasteiger partial charge in [0.05, 0.1) is 0 Å². The third-order valence-corrected chi connectivity index (χ3v) is 3.65. The highest BCUT2D eigenvalue weighted by Crippen LogP contribution is 2.17. The molecule has 19 heavy (non-hydrogen) atoms. The van der Waals surface area contributed by atoms with E-state index in [4.69, 9.17) is 0 Å². The predicted molar refractivity (Wildman–Crippen MR) is 76.0 cm³/mol. The average molecular weight is 269 g/mol. The molecule has 0 saturated heterocycles. The second-order valence-electron chi connectivity index (χ2n) is 5.06. The average Bonchev–Trinajstić information content (AvgIpc) is 2.41. The van der Waals surface area contributed by atoms with Crippen molar-refractivity contribution in [3.8, 4) is 0 Å². The van der Waals surface area contributed by atoms with E-state index in [2.05, 4.69) is 10.6 Å². The van der Waals surface area contributed by atoms with Gasteiger partial charge in [-0.25, -0.2) is 4.79 Å². The molecule has 1 saturated carbocycles. The maximum absolute atomic E-state index is 11.7. The van der Waals surface area contributed by atoms with Gasteiger partial charge in [0.15, 0.2) is 0 Å². The minimum Gasteiger partial charge on any atom is -0.353 e. The van der Waals surface area contributed by atoms with Crippen molar-refractivity contribution in [1.82, 2.24) is 15.5 Å². The second kappa shape index (κ2) is 8.77. The quantitative estimate of drug-likeness (QED) is 0.773. The van der Waals surface area contributed by atoms with Crippen LogP contribution in [0.4, 0.5) is 4.79 Å². The molecule has 2 N–H and O–H groups in total. The molecule has 0 unspecified atom stereocenters. The van der Waals surface area contributed by atoms with E-state index in [9.17, 15) is 9.59 Å². The summed E-state index contributed by atoms with van der Waals surface area (Å²) in [4.78, 5) is 25.1. The van der Waals surface area contributed by atoms with E-state index < -0.39 is 0 Å². The van der Waals surface area contributed by atoms with E-state index in [-0.39, 0.29) is 11.9 Å². The number of nitrogens with zero attached hydrogens (tertiary/aromatic N) is 1. The number of urea groups is 1. The van der Waals surface area contributed by atoms with Gasteiger partial charge in [0, 0.05) is 32.1 Å². The zero-order valence-corrected chi connectivity index (χ0v) is 12.2. The highest BCUT2D eigenvalue weighted by Gasteiger charge is 2.15. The van der Waals surface area contributed by atoms with E-state index in [0.29, 0.717) is 32.1 Å². The Labute approximate surface area is 116 Å². The number of carbonyl (C=O) groups is 2. The van der Waals surface area contributed by atoms with Gasteiger partial charge in [-0.1, -0.05) is 19.3 Å². The smallest absolute Gasteiger partial charge is 0.317 e. The first kappa shape index (κ1) is 15.8. The molecular weight excluding hydrogens is 242 g/mol. The number of rotatable bonds is 6. The zero-order valence-electron chi connectivity index (χ0n) is 12.2. The van der Waals surface area contributed by atoms with Crippen molar-refractivity contribution in [3.05, 3.63) is 0 Å². The fourth-order valence-electron chi connectivity index (χ4n) is 2.45. The third kappa shape index (κ3) is 5.94. The van der Waals surface area contributed by atoms with Crippen molar-refractivity contribution in [1.29, 1.82) is 0 Å². The van der Waals surface area contributed by atoms with Crippen LogP contribution in [0.3, 0.4) is 0 Å². The molecule has 1 aliphatic carbocycles. The van der Waals surface area contributed by atoms with E-state index in [1.807, 2.05) is 13.8 Å². The molecule has 0 heterocycles. The monoisotopic (exact) mass is 269 g/mol. The molecule has 0 radical (unpaired) electrons. The van der Waals surface area contributed by atoms with Gasteiger partial charge in [0.2, 0.25) is 5.91 Å². The van der Waals surface area contributed by atoms with Gasteiger partial charge in [0.1, 0.15) is 0 Å². The van der Waals surface area contributed by atoms with Gasteiger partial charge in [-0.2, -0.15) is 0 Å². The largest absolute Gasteiger partial charge is 0.353 e. The highest BCUT2D eigenvalue weighted by atomic mass is 16.2. The molecule has 5 nitrogen and oxygen atoms in total. The molecule has 1 rings (SSSR count). The Morgan fingerprint density at radius 1 is 1.11 bits per heavy atom. The van der Waals surface area contributed by atoms with Crippen LogP contribution in [0.25, 0.3) is 0 Å². The van der Waals surface area contributed by atoms with Gasteiger partial charge in [-0.05, 0) is 26.7 Å². The molecule has 3 amide bonds. The van der Waals surface area contributed by atoms with Crippen LogP contribution in [-0.2, 0) is 4.79 Å². The van der Waals surface area contributed by atoms with Crippen LogP contribution in [0.1, 0.15) is 52.4 Å². The second-order valence-corrected chi connectivity index (χ2v) is 5.06. The lowest BCUT2D eigenvalue weighted by Gasteiger charge is -2.23. The highest BCUT2D eigenvalue weighted by molar-refractivity contribution is 5.78. The fourth-order valence-corrected chi connectivity index (χ4v) is 2.45. The molecule has 0 aromatic heterocycles. The van der Waals surface area contributed by atoms with Crippen molar-refractivity contribution in [3.63, 3.8) is 0 Å². The van der Waals surface area contributed by atoms with Gasteiger partial charge >= 0.3 is 6.03 Å². The molecular formula is C14H27N3O2. The summed E-state index contributed by atoms with van der Waals surface area (Å²) in [5.41, 5.74) is 0. The van der Waals surface area contributed by atoms with E-state index in [1.54, 1.807) is 4.90 Å². The van der Waals surface area contributed by atoms with Crippen LogP contribution in [0.5, 0.6) is 0 Å². The Bertz CT molecular complexity index is 284. The summed E-state index contributed by atoms with van der Waals surface area (Å²) in [5.74, 6) is 0.0479. The summed E-state index contributed by atoms with van der Waals surface area (Å²) in [5, 5.41) is 5.82. The minimum atomic E-state index is -0.0875. The van der Waals surface area contributed by atoms with Crippen LogP contribution < -0.4 is 10.6 Å². The maximum Gasteiger partial charge on any atom is 0.317 e. The summed E-state index contributed by atoms with van der Waals surface area (Å²) in [6.45, 7) is 5.68. The van der Waals surface area contributed by atoms with Gasteiger partial charge in [-0.3, -0.25) is 4.79 Å². The zero-order chi connectivity index (χ0) is 14.1. The molecule has 110 valence electrons. The van der Waals surface area contributed by atoms with Crippen molar-refractivity contribution in [2.24, 2.45) is 0 Å². The van der Waals surface area contributed by atoms with Crippen molar-refractivity contribution in [2.75, 3.05) is 19.6 Å². The number of carbonyl (C=O) groups excluding carboxylic acids is 2. The molecule has 0 aromatic carbocycles. The predicted octanol–water partition coefficient (Wildman–Crippen LogP) is 1.88. The van der Waals surface area contributed by atoms with E-state index in [1.165, 1.54) is 19.3 Å². The van der Waals surface area contributed by atoms with Crippen LogP contribution in [0.2, 0.25) is 0 Å². The Balaban J connectivity index is 2.14. The molecule has 1 aliphatic rings. The van der Waals surface area contributed by atoms with Crippen LogP contribution in [-0.4, -0.2) is 42.5 Å². The maximum atomic E-state index is 11.7. The third-order valence-electron chi connectivity index (χ3n) is 3.65. The lowest BCUT2D eigenvalue weighted by Crippen LogP contribution is -2.42. The molecule has 1 fully saturated rings. The Morgan fingerprint density at radius 2 is 1.74 bits per heavy atom. The number of amides is 3.